The largest absolute Gasteiger partial charge is 0.493 e. The van der Waals surface area contributed by atoms with Gasteiger partial charge in [-0.3, -0.25) is 9.78 Å². The fourth-order valence-electron chi connectivity index (χ4n) is 4.41. The summed E-state index contributed by atoms with van der Waals surface area (Å²) in [4.78, 5) is 18.5. The van der Waals surface area contributed by atoms with Gasteiger partial charge in [-0.15, -0.1) is 11.3 Å². The third-order valence-corrected chi connectivity index (χ3v) is 7.54. The molecular formula is C26H21Cl2FN2O2S. The predicted molar refractivity (Wildman–Crippen MR) is 136 cm³/mol. The molecule has 0 radical (unpaired) electrons. The van der Waals surface area contributed by atoms with Gasteiger partial charge in [-0.25, -0.2) is 4.39 Å². The molecule has 1 aliphatic rings. The van der Waals surface area contributed by atoms with E-state index in [0.29, 0.717) is 49.3 Å². The molecular weight excluding hydrogens is 494 g/mol. The number of nitrogens with one attached hydrogen (secondary N) is 1. The number of rotatable bonds is 4. The quantitative estimate of drug-likeness (QED) is 0.302. The smallest absolute Gasteiger partial charge is 0.262 e. The zero-order chi connectivity index (χ0) is 24.0. The molecule has 5 rings (SSSR count). The Hall–Kier alpha value is -2.67. The highest BCUT2D eigenvalue weighted by Gasteiger charge is 2.28. The lowest BCUT2D eigenvalue weighted by Crippen LogP contribution is -2.32. The summed E-state index contributed by atoms with van der Waals surface area (Å²) in [6.07, 6.45) is 1.87. The second-order valence-corrected chi connectivity index (χ2v) is 10.4. The van der Waals surface area contributed by atoms with E-state index >= 15 is 4.39 Å². The Labute approximate surface area is 210 Å². The van der Waals surface area contributed by atoms with Crippen molar-refractivity contribution >= 4 is 50.7 Å². The molecule has 2 aromatic heterocycles. The van der Waals surface area contributed by atoms with Crippen LogP contribution in [0.5, 0.6) is 5.75 Å². The van der Waals surface area contributed by atoms with Gasteiger partial charge in [0.2, 0.25) is 0 Å². The second-order valence-electron chi connectivity index (χ2n) is 8.52. The first kappa shape index (κ1) is 23.1. The molecule has 4 aromatic rings. The van der Waals surface area contributed by atoms with Gasteiger partial charge in [0.15, 0.2) is 5.82 Å². The SMILES string of the molecule is CC(C)c1c(C(=O)N[C@H]2CCOc3ccccc32)sc2c(-c3cc(Cl)cc(Cl)c3)c(F)cnc12. The molecule has 4 nitrogen and oxygen atoms in total. The van der Waals surface area contributed by atoms with Gasteiger partial charge in [0, 0.05) is 33.2 Å². The second kappa shape index (κ2) is 9.17. The Balaban J connectivity index is 1.62. The highest BCUT2D eigenvalue weighted by atomic mass is 35.5. The number of fused-ring (bicyclic) bond motifs is 2. The zero-order valence-corrected chi connectivity index (χ0v) is 20.8. The van der Waals surface area contributed by atoms with Gasteiger partial charge in [-0.2, -0.15) is 0 Å². The number of para-hydroxylation sites is 1. The van der Waals surface area contributed by atoms with E-state index in [1.807, 2.05) is 38.1 Å². The third kappa shape index (κ3) is 4.15. The van der Waals surface area contributed by atoms with Gasteiger partial charge in [0.25, 0.3) is 5.91 Å². The topological polar surface area (TPSA) is 51.2 Å². The van der Waals surface area contributed by atoms with Crippen molar-refractivity contribution in [2.24, 2.45) is 0 Å². The number of halogens is 3. The summed E-state index contributed by atoms with van der Waals surface area (Å²) in [6.45, 7) is 4.53. The minimum Gasteiger partial charge on any atom is -0.493 e. The fourth-order valence-corrected chi connectivity index (χ4v) is 6.32. The van der Waals surface area contributed by atoms with Crippen molar-refractivity contribution in [3.8, 4) is 16.9 Å². The first-order valence-electron chi connectivity index (χ1n) is 10.9. The van der Waals surface area contributed by atoms with Gasteiger partial charge in [0.1, 0.15) is 5.75 Å². The third-order valence-electron chi connectivity index (χ3n) is 5.89. The number of carbonyl (C=O) groups is 1. The number of nitrogens with zero attached hydrogens (tertiary/aromatic N) is 1. The standard InChI is InChI=1S/C26H21Cl2FN2O2S/c1-13(2)21-23-24(22(18(29)12-30-23)14-9-15(27)11-16(28)10-14)34-25(21)26(32)31-19-7-8-33-20-6-4-3-5-17(19)20/h3-6,9-13,19H,7-8H2,1-2H3,(H,31,32)/t19-/m0/s1. The van der Waals surface area contributed by atoms with E-state index in [1.54, 1.807) is 18.2 Å². The van der Waals surface area contributed by atoms with E-state index in [4.69, 9.17) is 27.9 Å². The van der Waals surface area contributed by atoms with Crippen LogP contribution >= 0.6 is 34.5 Å². The summed E-state index contributed by atoms with van der Waals surface area (Å²) in [6, 6.07) is 12.5. The molecule has 2 aromatic carbocycles. The Bertz CT molecular complexity index is 1400. The maximum atomic E-state index is 15.1. The van der Waals surface area contributed by atoms with E-state index < -0.39 is 5.82 Å². The van der Waals surface area contributed by atoms with E-state index in [0.717, 1.165) is 16.9 Å². The first-order chi connectivity index (χ1) is 16.3. The van der Waals surface area contributed by atoms with Crippen LogP contribution in [0.3, 0.4) is 0 Å². The number of aromatic nitrogens is 1. The van der Waals surface area contributed by atoms with Crippen molar-refractivity contribution in [2.45, 2.75) is 32.2 Å². The molecule has 1 atom stereocenters. The van der Waals surface area contributed by atoms with Crippen LogP contribution in [0.4, 0.5) is 4.39 Å². The zero-order valence-electron chi connectivity index (χ0n) is 18.5. The molecule has 0 saturated heterocycles. The van der Waals surface area contributed by atoms with Crippen molar-refractivity contribution in [1.29, 1.82) is 0 Å². The van der Waals surface area contributed by atoms with Crippen molar-refractivity contribution in [1.82, 2.24) is 10.3 Å². The van der Waals surface area contributed by atoms with E-state index in [-0.39, 0.29) is 17.9 Å². The number of ether oxygens (including phenoxy) is 1. The van der Waals surface area contributed by atoms with Crippen LogP contribution in [0, 0.1) is 5.82 Å². The summed E-state index contributed by atoms with van der Waals surface area (Å²) < 4.78 is 21.4. The molecule has 0 unspecified atom stereocenters. The van der Waals surface area contributed by atoms with E-state index in [1.165, 1.54) is 17.5 Å². The summed E-state index contributed by atoms with van der Waals surface area (Å²) in [5.41, 5.74) is 3.26. The molecule has 0 bridgehead atoms. The minimum absolute atomic E-state index is 0.00485. The highest BCUT2D eigenvalue weighted by molar-refractivity contribution is 7.21. The number of pyridine rings is 1. The Morgan fingerprint density at radius 2 is 1.94 bits per heavy atom. The van der Waals surface area contributed by atoms with Crippen LogP contribution < -0.4 is 10.1 Å². The van der Waals surface area contributed by atoms with Crippen LogP contribution in [0.25, 0.3) is 21.3 Å². The molecule has 1 amide bonds. The lowest BCUT2D eigenvalue weighted by molar-refractivity contribution is 0.0928. The Kier molecular flexibility index (Phi) is 6.23. The Morgan fingerprint density at radius 3 is 2.68 bits per heavy atom. The number of hydrogen-bond acceptors (Lipinski definition) is 4. The van der Waals surface area contributed by atoms with Crippen LogP contribution in [0.2, 0.25) is 10.0 Å². The molecule has 0 spiro atoms. The molecule has 0 saturated carbocycles. The monoisotopic (exact) mass is 514 g/mol. The van der Waals surface area contributed by atoms with Gasteiger partial charge < -0.3 is 10.1 Å². The average molecular weight is 515 g/mol. The number of hydrogen-bond donors (Lipinski definition) is 1. The van der Waals surface area contributed by atoms with Gasteiger partial charge in [-0.1, -0.05) is 55.2 Å². The first-order valence-corrected chi connectivity index (χ1v) is 12.5. The van der Waals surface area contributed by atoms with Gasteiger partial charge in [-0.05, 0) is 35.7 Å². The van der Waals surface area contributed by atoms with Gasteiger partial charge in [0.05, 0.1) is 33.9 Å². The molecule has 34 heavy (non-hydrogen) atoms. The van der Waals surface area contributed by atoms with E-state index in [2.05, 4.69) is 10.3 Å². The maximum absolute atomic E-state index is 15.1. The normalized spacial score (nSPS) is 15.3. The molecule has 1 aliphatic heterocycles. The highest BCUT2D eigenvalue weighted by Crippen LogP contribution is 2.43. The number of amides is 1. The molecule has 3 heterocycles. The number of benzene rings is 2. The molecule has 0 fully saturated rings. The molecule has 8 heteroatoms. The Morgan fingerprint density at radius 1 is 1.21 bits per heavy atom. The van der Waals surface area contributed by atoms with Crippen molar-refractivity contribution in [2.75, 3.05) is 6.61 Å². The van der Waals surface area contributed by atoms with Crippen molar-refractivity contribution in [3.63, 3.8) is 0 Å². The summed E-state index contributed by atoms with van der Waals surface area (Å²) >= 11 is 13.6. The van der Waals surface area contributed by atoms with Crippen molar-refractivity contribution < 1.29 is 13.9 Å². The summed E-state index contributed by atoms with van der Waals surface area (Å²) in [5, 5.41) is 3.98. The van der Waals surface area contributed by atoms with Crippen LogP contribution in [-0.4, -0.2) is 17.5 Å². The summed E-state index contributed by atoms with van der Waals surface area (Å²) in [7, 11) is 0. The molecule has 174 valence electrons. The van der Waals surface area contributed by atoms with Crippen LogP contribution in [-0.2, 0) is 0 Å². The number of carbonyl (C=O) groups excluding carboxylic acids is 1. The number of thiophene rings is 1. The lowest BCUT2D eigenvalue weighted by Gasteiger charge is -2.26. The molecule has 0 aliphatic carbocycles. The van der Waals surface area contributed by atoms with Crippen molar-refractivity contribution in [3.05, 3.63) is 80.5 Å². The van der Waals surface area contributed by atoms with Crippen LogP contribution in [0.1, 0.15) is 53.0 Å². The summed E-state index contributed by atoms with van der Waals surface area (Å²) in [5.74, 6) is 0.0881. The van der Waals surface area contributed by atoms with Crippen LogP contribution in [0.15, 0.2) is 48.7 Å². The average Bonchev–Trinajstić information content (AvgIpc) is 3.18. The minimum atomic E-state index is -0.493. The fraction of sp³-hybridized carbons (Fsp3) is 0.231. The molecule has 1 N–H and O–H groups in total. The predicted octanol–water partition coefficient (Wildman–Crippen LogP) is 7.79. The van der Waals surface area contributed by atoms with Gasteiger partial charge >= 0.3 is 0 Å². The maximum Gasteiger partial charge on any atom is 0.262 e. The van der Waals surface area contributed by atoms with E-state index in [9.17, 15) is 4.79 Å². The lowest BCUT2D eigenvalue weighted by atomic mass is 9.98.